The number of hydrogen-bond donors (Lipinski definition) is 3. The molecule has 0 aliphatic carbocycles. The summed E-state index contributed by atoms with van der Waals surface area (Å²) < 4.78 is 50.8. The van der Waals surface area contributed by atoms with Crippen LogP contribution < -0.4 is 15.4 Å². The summed E-state index contributed by atoms with van der Waals surface area (Å²) in [6.07, 6.45) is 4.53. The first kappa shape index (κ1) is 27.0. The Balaban J connectivity index is 1.27. The molecule has 2 atom stereocenters. The number of halogens is 3. The molecule has 6 rings (SSSR count). The van der Waals surface area contributed by atoms with Gasteiger partial charge in [0.15, 0.2) is 5.82 Å². The lowest BCUT2D eigenvalue weighted by Crippen LogP contribution is -2.46. The van der Waals surface area contributed by atoms with Gasteiger partial charge in [0.05, 0.1) is 43.3 Å². The van der Waals surface area contributed by atoms with Gasteiger partial charge in [0, 0.05) is 43.2 Å². The number of rotatable bonds is 7. The summed E-state index contributed by atoms with van der Waals surface area (Å²) in [6.45, 7) is 1.01. The number of para-hydroxylation sites is 1. The van der Waals surface area contributed by atoms with Crippen molar-refractivity contribution in [2.45, 2.75) is 30.8 Å². The SMILES string of the molecule is COc1nn(C)cc1Nc1ncc(F)c(-c2c[nH]c3c(NC(=O)[C@H]4CC(F)(F)CN4[C@@H]4CCN(C)C4)cccc23)n1. The van der Waals surface area contributed by atoms with Gasteiger partial charge < -0.3 is 25.3 Å². The van der Waals surface area contributed by atoms with Gasteiger partial charge in [-0.2, -0.15) is 0 Å². The second-order valence-corrected chi connectivity index (χ2v) is 10.6. The van der Waals surface area contributed by atoms with Crippen LogP contribution in [0.25, 0.3) is 22.2 Å². The molecule has 2 aliphatic heterocycles. The summed E-state index contributed by atoms with van der Waals surface area (Å²) >= 11 is 0. The van der Waals surface area contributed by atoms with E-state index < -0.39 is 36.7 Å². The fourth-order valence-corrected chi connectivity index (χ4v) is 5.76. The van der Waals surface area contributed by atoms with Crippen LogP contribution in [0.5, 0.6) is 5.88 Å². The van der Waals surface area contributed by atoms with Gasteiger partial charge in [0.25, 0.3) is 11.8 Å². The zero-order valence-electron chi connectivity index (χ0n) is 22.8. The summed E-state index contributed by atoms with van der Waals surface area (Å²) in [6, 6.07) is 4.09. The molecule has 2 fully saturated rings. The van der Waals surface area contributed by atoms with Gasteiger partial charge >= 0.3 is 0 Å². The number of nitrogens with zero attached hydrogens (tertiary/aromatic N) is 6. The van der Waals surface area contributed by atoms with Gasteiger partial charge in [-0.25, -0.2) is 23.1 Å². The van der Waals surface area contributed by atoms with Crippen LogP contribution in [-0.4, -0.2) is 92.2 Å². The zero-order valence-corrected chi connectivity index (χ0v) is 22.8. The summed E-state index contributed by atoms with van der Waals surface area (Å²) in [4.78, 5) is 28.6. The van der Waals surface area contributed by atoms with E-state index in [9.17, 15) is 18.0 Å². The van der Waals surface area contributed by atoms with Gasteiger partial charge in [0.1, 0.15) is 11.4 Å². The summed E-state index contributed by atoms with van der Waals surface area (Å²) in [5.74, 6) is -3.62. The maximum absolute atomic E-state index is 15.0. The number of carbonyl (C=O) groups excluding carboxylic acids is 1. The minimum absolute atomic E-state index is 0.0343. The zero-order chi connectivity index (χ0) is 28.9. The fourth-order valence-electron chi connectivity index (χ4n) is 5.76. The molecule has 0 unspecified atom stereocenters. The average Bonchev–Trinajstić information content (AvgIpc) is 3.70. The van der Waals surface area contributed by atoms with Crippen molar-refractivity contribution >= 4 is 34.1 Å². The molecule has 3 N–H and O–H groups in total. The van der Waals surface area contributed by atoms with Crippen molar-refractivity contribution < 1.29 is 22.7 Å². The number of hydrogen-bond acceptors (Lipinski definition) is 8. The van der Waals surface area contributed by atoms with Gasteiger partial charge in [-0.3, -0.25) is 14.4 Å². The van der Waals surface area contributed by atoms with Crippen molar-refractivity contribution in [1.29, 1.82) is 0 Å². The Hall–Kier alpha value is -4.17. The number of nitrogens with one attached hydrogen (secondary N) is 3. The highest BCUT2D eigenvalue weighted by atomic mass is 19.3. The number of H-pyrrole nitrogens is 1. The van der Waals surface area contributed by atoms with Gasteiger partial charge in [-0.15, -0.1) is 5.10 Å². The molecular weight excluding hydrogens is 539 g/mol. The van der Waals surface area contributed by atoms with Gasteiger partial charge in [-0.05, 0) is 26.1 Å². The highest BCUT2D eigenvalue weighted by molar-refractivity contribution is 6.06. The minimum Gasteiger partial charge on any atom is -0.478 e. The smallest absolute Gasteiger partial charge is 0.262 e. The number of aryl methyl sites for hydroxylation is 1. The van der Waals surface area contributed by atoms with Gasteiger partial charge in [0.2, 0.25) is 11.9 Å². The van der Waals surface area contributed by atoms with E-state index in [1.807, 2.05) is 7.05 Å². The Bertz CT molecular complexity index is 1600. The van der Waals surface area contributed by atoms with Crippen LogP contribution in [0.4, 0.5) is 30.5 Å². The molecule has 14 heteroatoms. The van der Waals surface area contributed by atoms with Crippen molar-refractivity contribution in [3.8, 4) is 17.1 Å². The summed E-state index contributed by atoms with van der Waals surface area (Å²) in [5, 5.41) is 10.6. The molecule has 0 spiro atoms. The van der Waals surface area contributed by atoms with Crippen LogP contribution in [0.15, 0.2) is 36.8 Å². The number of ether oxygens (including phenoxy) is 1. The van der Waals surface area contributed by atoms with Crippen molar-refractivity contribution in [1.82, 2.24) is 34.5 Å². The molecule has 11 nitrogen and oxygen atoms in total. The highest BCUT2D eigenvalue weighted by Crippen LogP contribution is 2.37. The Morgan fingerprint density at radius 2 is 2.07 bits per heavy atom. The lowest BCUT2D eigenvalue weighted by Gasteiger charge is -2.29. The fraction of sp³-hybridized carbons (Fsp3) is 0.407. The molecule has 0 saturated carbocycles. The van der Waals surface area contributed by atoms with Gasteiger partial charge in [-0.1, -0.05) is 12.1 Å². The van der Waals surface area contributed by atoms with Crippen LogP contribution in [-0.2, 0) is 11.8 Å². The quantitative estimate of drug-likeness (QED) is 0.309. The Morgan fingerprint density at radius 3 is 2.83 bits per heavy atom. The van der Waals surface area contributed by atoms with Crippen molar-refractivity contribution in [2.24, 2.45) is 7.05 Å². The number of benzene rings is 1. The second-order valence-electron chi connectivity index (χ2n) is 10.6. The number of carbonyl (C=O) groups is 1. The molecular formula is C27H30F3N9O2. The molecule has 1 amide bonds. The predicted molar refractivity (Wildman–Crippen MR) is 147 cm³/mol. The number of fused-ring (bicyclic) bond motifs is 1. The topological polar surface area (TPSA) is 116 Å². The maximum Gasteiger partial charge on any atom is 0.262 e. The van der Waals surface area contributed by atoms with E-state index in [4.69, 9.17) is 4.74 Å². The van der Waals surface area contributed by atoms with Crippen molar-refractivity contribution in [2.75, 3.05) is 44.4 Å². The van der Waals surface area contributed by atoms with Crippen molar-refractivity contribution in [3.63, 3.8) is 0 Å². The van der Waals surface area contributed by atoms with E-state index in [1.165, 1.54) is 7.11 Å². The molecule has 4 aromatic rings. The number of aromatic nitrogens is 5. The largest absolute Gasteiger partial charge is 0.478 e. The number of likely N-dealkylation sites (tertiary alicyclic amines) is 2. The van der Waals surface area contributed by atoms with E-state index in [0.29, 0.717) is 40.3 Å². The number of likely N-dealkylation sites (N-methyl/N-ethyl adjacent to an activating group) is 1. The number of aromatic amines is 1. The highest BCUT2D eigenvalue weighted by Gasteiger charge is 2.50. The molecule has 0 radical (unpaired) electrons. The Kier molecular flexibility index (Phi) is 6.82. The minimum atomic E-state index is -2.94. The van der Waals surface area contributed by atoms with E-state index in [2.05, 4.69) is 35.6 Å². The van der Waals surface area contributed by atoms with Crippen LogP contribution in [0.1, 0.15) is 12.8 Å². The molecule has 216 valence electrons. The van der Waals surface area contributed by atoms with E-state index in [1.54, 1.807) is 47.2 Å². The van der Waals surface area contributed by atoms with E-state index in [-0.39, 0.29) is 17.7 Å². The average molecular weight is 570 g/mol. The molecule has 2 aliphatic rings. The Morgan fingerprint density at radius 1 is 1.24 bits per heavy atom. The van der Waals surface area contributed by atoms with Crippen LogP contribution >= 0.6 is 0 Å². The number of anilines is 3. The number of alkyl halides is 2. The predicted octanol–water partition coefficient (Wildman–Crippen LogP) is 3.60. The standard InChI is InChI=1S/C27H30F3N9O2/c1-37-8-7-15(12-37)39-14-27(29,30)9-21(39)24(40)33-19-6-4-5-16-17(10-31-23(16)19)22-18(28)11-32-26(35-22)34-20-13-38(2)36-25(20)41-3/h4-6,10-11,13,15,21,31H,7-9,12,14H2,1-3H3,(H,33,40)(H,32,34,35)/t15-,21-/m1/s1. The first-order valence-electron chi connectivity index (χ1n) is 13.2. The lowest BCUT2D eigenvalue weighted by molar-refractivity contribution is -0.121. The molecule has 5 heterocycles. The third-order valence-corrected chi connectivity index (χ3v) is 7.65. The second kappa shape index (κ2) is 10.3. The monoisotopic (exact) mass is 569 g/mol. The molecule has 0 bridgehead atoms. The van der Waals surface area contributed by atoms with Crippen molar-refractivity contribution in [3.05, 3.63) is 42.6 Å². The first-order chi connectivity index (χ1) is 19.6. The summed E-state index contributed by atoms with van der Waals surface area (Å²) in [7, 11) is 5.16. The summed E-state index contributed by atoms with van der Waals surface area (Å²) in [5.41, 5.74) is 1.92. The maximum atomic E-state index is 15.0. The Labute approximate surface area is 233 Å². The number of methoxy groups -OCH3 is 1. The van der Waals surface area contributed by atoms with Crippen LogP contribution in [0.3, 0.4) is 0 Å². The van der Waals surface area contributed by atoms with E-state index in [0.717, 1.165) is 19.2 Å². The van der Waals surface area contributed by atoms with E-state index >= 15 is 0 Å². The normalized spacial score (nSPS) is 21.0. The lowest BCUT2D eigenvalue weighted by atomic mass is 10.1. The molecule has 41 heavy (non-hydrogen) atoms. The molecule has 3 aromatic heterocycles. The third-order valence-electron chi connectivity index (χ3n) is 7.65. The molecule has 2 saturated heterocycles. The third kappa shape index (κ3) is 5.20. The number of amides is 1. The molecule has 1 aromatic carbocycles. The first-order valence-corrected chi connectivity index (χ1v) is 13.2. The van der Waals surface area contributed by atoms with Crippen LogP contribution in [0.2, 0.25) is 0 Å². The van der Waals surface area contributed by atoms with Crippen LogP contribution in [0, 0.1) is 5.82 Å².